The number of nitrogens with zero attached hydrogens (tertiary/aromatic N) is 1. The molecule has 0 fully saturated rings. The maximum atomic E-state index is 8.81. The highest BCUT2D eigenvalue weighted by molar-refractivity contribution is 7.98. The first-order valence-corrected chi connectivity index (χ1v) is 5.12. The van der Waals surface area contributed by atoms with Crippen molar-refractivity contribution >= 4 is 11.8 Å². The summed E-state index contributed by atoms with van der Waals surface area (Å²) in [5.74, 6) is 0. The molecule has 0 N–H and O–H groups in total. The molecule has 0 aromatic heterocycles. The third-order valence-electron chi connectivity index (χ3n) is 1.83. The highest BCUT2D eigenvalue weighted by Crippen LogP contribution is 2.23. The molecule has 0 heterocycles. The van der Waals surface area contributed by atoms with Crippen LogP contribution in [0.4, 0.5) is 0 Å². The minimum Gasteiger partial charge on any atom is -0.192 e. The molecular formula is C10H11NS. The van der Waals surface area contributed by atoms with Crippen molar-refractivity contribution in [3.63, 3.8) is 0 Å². The molecule has 0 amide bonds. The maximum absolute atomic E-state index is 8.81. The van der Waals surface area contributed by atoms with Crippen molar-refractivity contribution in [3.05, 3.63) is 29.3 Å². The van der Waals surface area contributed by atoms with Gasteiger partial charge in [-0.15, -0.1) is 11.8 Å². The van der Waals surface area contributed by atoms with Gasteiger partial charge >= 0.3 is 0 Å². The van der Waals surface area contributed by atoms with Crippen LogP contribution in [0.2, 0.25) is 0 Å². The lowest BCUT2D eigenvalue weighted by Crippen LogP contribution is -1.89. The van der Waals surface area contributed by atoms with E-state index in [9.17, 15) is 0 Å². The lowest BCUT2D eigenvalue weighted by atomic mass is 10.1. The van der Waals surface area contributed by atoms with Gasteiger partial charge in [-0.05, 0) is 30.4 Å². The minimum absolute atomic E-state index is 0.810. The first-order chi connectivity index (χ1) is 5.83. The highest BCUT2D eigenvalue weighted by atomic mass is 32.2. The zero-order chi connectivity index (χ0) is 8.97. The number of thioether (sulfide) groups is 1. The van der Waals surface area contributed by atoms with Gasteiger partial charge in [0.2, 0.25) is 0 Å². The summed E-state index contributed by atoms with van der Waals surface area (Å²) in [5.41, 5.74) is 1.98. The number of rotatable bonds is 2. The first kappa shape index (κ1) is 9.15. The summed E-state index contributed by atoms with van der Waals surface area (Å²) in [6, 6.07) is 8.08. The Bertz CT molecular complexity index is 312. The first-order valence-electron chi connectivity index (χ1n) is 3.89. The van der Waals surface area contributed by atoms with Crippen LogP contribution in [0.3, 0.4) is 0 Å². The molecule has 1 aromatic carbocycles. The van der Waals surface area contributed by atoms with E-state index in [0.717, 1.165) is 12.0 Å². The quantitative estimate of drug-likeness (QED) is 0.648. The van der Waals surface area contributed by atoms with Gasteiger partial charge in [0.1, 0.15) is 0 Å². The second-order valence-corrected chi connectivity index (χ2v) is 3.30. The van der Waals surface area contributed by atoms with E-state index in [4.69, 9.17) is 5.26 Å². The van der Waals surface area contributed by atoms with E-state index < -0.39 is 0 Å². The molecule has 0 atom stereocenters. The number of nitriles is 1. The summed E-state index contributed by atoms with van der Waals surface area (Å²) in [6.45, 7) is 2.08. The number of benzene rings is 1. The van der Waals surface area contributed by atoms with Crippen LogP contribution in [0, 0.1) is 11.3 Å². The predicted molar refractivity (Wildman–Crippen MR) is 52.3 cm³/mol. The van der Waals surface area contributed by atoms with E-state index in [1.54, 1.807) is 11.8 Å². The van der Waals surface area contributed by atoms with E-state index in [1.165, 1.54) is 10.5 Å². The SMILES string of the molecule is CCc1c(C#N)cccc1SC. The largest absolute Gasteiger partial charge is 0.192 e. The fraction of sp³-hybridized carbons (Fsp3) is 0.300. The zero-order valence-electron chi connectivity index (χ0n) is 7.29. The molecule has 0 unspecified atom stereocenters. The Balaban J connectivity index is 3.24. The molecule has 1 rings (SSSR count). The van der Waals surface area contributed by atoms with Gasteiger partial charge in [0.05, 0.1) is 11.6 Å². The standard InChI is InChI=1S/C10H11NS/c1-3-9-8(7-11)5-4-6-10(9)12-2/h4-6H,3H2,1-2H3. The lowest BCUT2D eigenvalue weighted by molar-refractivity contribution is 1.07. The van der Waals surface area contributed by atoms with E-state index in [0.29, 0.717) is 0 Å². The molecule has 1 nitrogen and oxygen atoms in total. The van der Waals surface area contributed by atoms with Gasteiger partial charge in [-0.3, -0.25) is 0 Å². The Morgan fingerprint density at radius 3 is 2.75 bits per heavy atom. The molecule has 0 saturated heterocycles. The van der Waals surface area contributed by atoms with Crippen LogP contribution in [0.15, 0.2) is 23.1 Å². The Morgan fingerprint density at radius 2 is 2.25 bits per heavy atom. The van der Waals surface area contributed by atoms with Crippen molar-refractivity contribution in [2.75, 3.05) is 6.26 Å². The second-order valence-electron chi connectivity index (χ2n) is 2.45. The summed E-state index contributed by atoms with van der Waals surface area (Å²) in [6.07, 6.45) is 2.97. The molecule has 0 aliphatic heterocycles. The van der Waals surface area contributed by atoms with Gasteiger partial charge in [0.25, 0.3) is 0 Å². The van der Waals surface area contributed by atoms with Gasteiger partial charge in [0, 0.05) is 4.90 Å². The van der Waals surface area contributed by atoms with E-state index in [2.05, 4.69) is 19.1 Å². The topological polar surface area (TPSA) is 23.8 Å². The Hall–Kier alpha value is -0.940. The summed E-state index contributed by atoms with van der Waals surface area (Å²) < 4.78 is 0. The van der Waals surface area contributed by atoms with E-state index >= 15 is 0 Å². The Morgan fingerprint density at radius 1 is 1.50 bits per heavy atom. The number of hydrogen-bond donors (Lipinski definition) is 0. The molecular weight excluding hydrogens is 166 g/mol. The third-order valence-corrected chi connectivity index (χ3v) is 2.65. The molecule has 0 radical (unpaired) electrons. The van der Waals surface area contributed by atoms with Crippen molar-refractivity contribution in [2.24, 2.45) is 0 Å². The summed E-state index contributed by atoms with van der Waals surface area (Å²) >= 11 is 1.70. The average molecular weight is 177 g/mol. The molecule has 0 saturated carbocycles. The molecule has 1 aromatic rings. The van der Waals surface area contributed by atoms with Crippen LogP contribution < -0.4 is 0 Å². The van der Waals surface area contributed by atoms with Gasteiger partial charge in [-0.1, -0.05) is 13.0 Å². The summed E-state index contributed by atoms with van der Waals surface area (Å²) in [5, 5.41) is 8.81. The molecule has 0 spiro atoms. The van der Waals surface area contributed by atoms with E-state index in [1.807, 2.05) is 18.4 Å². The summed E-state index contributed by atoms with van der Waals surface area (Å²) in [4.78, 5) is 1.22. The zero-order valence-corrected chi connectivity index (χ0v) is 8.11. The molecule has 62 valence electrons. The molecule has 12 heavy (non-hydrogen) atoms. The normalized spacial score (nSPS) is 9.42. The number of hydrogen-bond acceptors (Lipinski definition) is 2. The van der Waals surface area contributed by atoms with Crippen molar-refractivity contribution in [2.45, 2.75) is 18.2 Å². The smallest absolute Gasteiger partial charge is 0.0994 e. The van der Waals surface area contributed by atoms with Crippen LogP contribution in [-0.4, -0.2) is 6.26 Å². The fourth-order valence-electron chi connectivity index (χ4n) is 1.23. The minimum atomic E-state index is 0.810. The van der Waals surface area contributed by atoms with Gasteiger partial charge < -0.3 is 0 Å². The predicted octanol–water partition coefficient (Wildman–Crippen LogP) is 2.84. The molecule has 2 heteroatoms. The molecule has 0 aliphatic carbocycles. The van der Waals surface area contributed by atoms with Gasteiger partial charge in [-0.25, -0.2) is 0 Å². The molecule has 0 bridgehead atoms. The third kappa shape index (κ3) is 1.62. The Kier molecular flexibility index (Phi) is 3.19. The van der Waals surface area contributed by atoms with Crippen molar-refractivity contribution in [1.82, 2.24) is 0 Å². The van der Waals surface area contributed by atoms with Crippen LogP contribution in [0.5, 0.6) is 0 Å². The van der Waals surface area contributed by atoms with Crippen LogP contribution >= 0.6 is 11.8 Å². The van der Waals surface area contributed by atoms with E-state index in [-0.39, 0.29) is 0 Å². The molecule has 0 aliphatic rings. The van der Waals surface area contributed by atoms with Crippen LogP contribution in [0.1, 0.15) is 18.1 Å². The lowest BCUT2D eigenvalue weighted by Gasteiger charge is -2.05. The van der Waals surface area contributed by atoms with Crippen LogP contribution in [-0.2, 0) is 6.42 Å². The highest BCUT2D eigenvalue weighted by Gasteiger charge is 2.03. The van der Waals surface area contributed by atoms with Crippen molar-refractivity contribution in [3.8, 4) is 6.07 Å². The van der Waals surface area contributed by atoms with Gasteiger partial charge in [-0.2, -0.15) is 5.26 Å². The van der Waals surface area contributed by atoms with Crippen molar-refractivity contribution in [1.29, 1.82) is 5.26 Å². The average Bonchev–Trinajstić information content (AvgIpc) is 2.16. The fourth-order valence-corrected chi connectivity index (χ4v) is 1.94. The summed E-state index contributed by atoms with van der Waals surface area (Å²) in [7, 11) is 0. The second kappa shape index (κ2) is 4.18. The Labute approximate surface area is 77.4 Å². The van der Waals surface area contributed by atoms with Crippen LogP contribution in [0.25, 0.3) is 0 Å². The monoisotopic (exact) mass is 177 g/mol. The van der Waals surface area contributed by atoms with Gasteiger partial charge in [0.15, 0.2) is 0 Å². The maximum Gasteiger partial charge on any atom is 0.0994 e. The van der Waals surface area contributed by atoms with Crippen molar-refractivity contribution < 1.29 is 0 Å².